The number of benzene rings is 1. The SMILES string of the molecule is C=C1CCC(C(=C)c2ccc(N3CC(C)C3)cc2C)C(=C)N1. The number of anilines is 1. The van der Waals surface area contributed by atoms with E-state index in [2.05, 4.69) is 62.0 Å². The maximum absolute atomic E-state index is 4.36. The van der Waals surface area contributed by atoms with Gasteiger partial charge in [0.25, 0.3) is 0 Å². The Morgan fingerprint density at radius 1 is 1.27 bits per heavy atom. The first-order valence-electron chi connectivity index (χ1n) is 8.14. The van der Waals surface area contributed by atoms with Crippen molar-refractivity contribution in [3.63, 3.8) is 0 Å². The first kappa shape index (κ1) is 15.0. The van der Waals surface area contributed by atoms with Crippen LogP contribution in [-0.4, -0.2) is 13.1 Å². The number of piperidine rings is 1. The van der Waals surface area contributed by atoms with Gasteiger partial charge in [0.15, 0.2) is 0 Å². The van der Waals surface area contributed by atoms with Crippen LogP contribution >= 0.6 is 0 Å². The maximum atomic E-state index is 4.36. The van der Waals surface area contributed by atoms with E-state index in [0.29, 0.717) is 5.92 Å². The van der Waals surface area contributed by atoms with Crippen LogP contribution in [0.5, 0.6) is 0 Å². The number of allylic oxidation sites excluding steroid dienone is 2. The van der Waals surface area contributed by atoms with E-state index in [-0.39, 0.29) is 0 Å². The number of hydrogen-bond acceptors (Lipinski definition) is 2. The topological polar surface area (TPSA) is 15.3 Å². The molecule has 2 heteroatoms. The summed E-state index contributed by atoms with van der Waals surface area (Å²) < 4.78 is 0. The lowest BCUT2D eigenvalue weighted by Gasteiger charge is -2.39. The van der Waals surface area contributed by atoms with Crippen molar-refractivity contribution in [2.45, 2.75) is 26.7 Å². The van der Waals surface area contributed by atoms with Crippen molar-refractivity contribution in [3.05, 3.63) is 60.5 Å². The van der Waals surface area contributed by atoms with Crippen molar-refractivity contribution >= 4 is 11.3 Å². The molecule has 2 aliphatic heterocycles. The summed E-state index contributed by atoms with van der Waals surface area (Å²) >= 11 is 0. The predicted octanol–water partition coefficient (Wildman–Crippen LogP) is 4.49. The van der Waals surface area contributed by atoms with E-state index in [1.54, 1.807) is 0 Å². The van der Waals surface area contributed by atoms with Gasteiger partial charge in [-0.05, 0) is 54.5 Å². The number of nitrogens with zero attached hydrogens (tertiary/aromatic N) is 1. The Kier molecular flexibility index (Phi) is 3.86. The summed E-state index contributed by atoms with van der Waals surface area (Å²) in [7, 11) is 0. The lowest BCUT2D eigenvalue weighted by Crippen LogP contribution is -2.45. The smallest absolute Gasteiger partial charge is 0.0369 e. The second-order valence-corrected chi connectivity index (χ2v) is 6.88. The first-order chi connectivity index (χ1) is 10.5. The van der Waals surface area contributed by atoms with Gasteiger partial charge in [0.05, 0.1) is 0 Å². The van der Waals surface area contributed by atoms with E-state index in [1.807, 2.05) is 0 Å². The molecule has 0 bridgehead atoms. The minimum atomic E-state index is 0.305. The Balaban J connectivity index is 1.78. The van der Waals surface area contributed by atoms with Gasteiger partial charge in [-0.1, -0.05) is 32.7 Å². The molecule has 3 rings (SSSR count). The van der Waals surface area contributed by atoms with Gasteiger partial charge in [-0.2, -0.15) is 0 Å². The summed E-state index contributed by atoms with van der Waals surface area (Å²) in [6, 6.07) is 6.76. The third-order valence-corrected chi connectivity index (χ3v) is 4.90. The van der Waals surface area contributed by atoms with Gasteiger partial charge < -0.3 is 10.2 Å². The molecule has 1 aromatic carbocycles. The molecule has 2 aliphatic rings. The number of hydrogen-bond donors (Lipinski definition) is 1. The lowest BCUT2D eigenvalue weighted by molar-refractivity contribution is 0.447. The van der Waals surface area contributed by atoms with Crippen LogP contribution in [-0.2, 0) is 0 Å². The molecular formula is C20H26N2. The molecule has 2 nitrogen and oxygen atoms in total. The van der Waals surface area contributed by atoms with Gasteiger partial charge in [-0.15, -0.1) is 0 Å². The summed E-state index contributed by atoms with van der Waals surface area (Å²) in [5.74, 6) is 1.12. The molecule has 1 aromatic rings. The summed E-state index contributed by atoms with van der Waals surface area (Å²) in [6.07, 6.45) is 2.04. The van der Waals surface area contributed by atoms with E-state index >= 15 is 0 Å². The highest BCUT2D eigenvalue weighted by Gasteiger charge is 2.25. The van der Waals surface area contributed by atoms with Crippen molar-refractivity contribution in [2.24, 2.45) is 11.8 Å². The molecule has 116 valence electrons. The monoisotopic (exact) mass is 294 g/mol. The average Bonchev–Trinajstić information content (AvgIpc) is 2.43. The highest BCUT2D eigenvalue weighted by atomic mass is 15.2. The van der Waals surface area contributed by atoms with Crippen LogP contribution in [0, 0.1) is 18.8 Å². The standard InChI is InChI=1S/C20H26N2/c1-13-11-22(12-13)18-7-9-19(14(2)10-18)16(4)20-8-6-15(3)21-17(20)5/h7,9-10,13,20-21H,3-6,8,11-12H2,1-2H3. The number of aryl methyl sites for hydroxylation is 1. The van der Waals surface area contributed by atoms with Gasteiger partial charge in [0, 0.05) is 36.1 Å². The molecule has 0 spiro atoms. The summed E-state index contributed by atoms with van der Waals surface area (Å²) in [4.78, 5) is 2.44. The Labute approximate surface area is 134 Å². The van der Waals surface area contributed by atoms with Gasteiger partial charge >= 0.3 is 0 Å². The zero-order valence-electron chi connectivity index (χ0n) is 13.8. The van der Waals surface area contributed by atoms with Gasteiger partial charge in [-0.25, -0.2) is 0 Å². The van der Waals surface area contributed by atoms with E-state index in [0.717, 1.165) is 30.2 Å². The van der Waals surface area contributed by atoms with E-state index in [4.69, 9.17) is 0 Å². The zero-order chi connectivity index (χ0) is 15.9. The molecular weight excluding hydrogens is 268 g/mol. The van der Waals surface area contributed by atoms with Crippen molar-refractivity contribution in [1.29, 1.82) is 0 Å². The molecule has 0 radical (unpaired) electrons. The molecule has 0 saturated carbocycles. The number of nitrogens with one attached hydrogen (secondary N) is 1. The van der Waals surface area contributed by atoms with E-state index in [1.165, 1.54) is 35.5 Å². The Morgan fingerprint density at radius 2 is 2.00 bits per heavy atom. The Hall–Kier alpha value is -1.96. The predicted molar refractivity (Wildman–Crippen MR) is 95.7 cm³/mol. The fourth-order valence-corrected chi connectivity index (χ4v) is 3.56. The largest absolute Gasteiger partial charge is 0.371 e. The maximum Gasteiger partial charge on any atom is 0.0369 e. The molecule has 2 fully saturated rings. The summed E-state index contributed by atoms with van der Waals surface area (Å²) in [5.41, 5.74) is 7.17. The van der Waals surface area contributed by atoms with Crippen molar-refractivity contribution in [3.8, 4) is 0 Å². The quantitative estimate of drug-likeness (QED) is 0.883. The van der Waals surface area contributed by atoms with Crippen LogP contribution in [0.3, 0.4) is 0 Å². The molecule has 22 heavy (non-hydrogen) atoms. The molecule has 1 N–H and O–H groups in total. The van der Waals surface area contributed by atoms with Crippen LogP contribution in [0.15, 0.2) is 49.3 Å². The molecule has 1 unspecified atom stereocenters. The molecule has 0 aliphatic carbocycles. The van der Waals surface area contributed by atoms with Crippen LogP contribution in [0.4, 0.5) is 5.69 Å². The zero-order valence-corrected chi connectivity index (χ0v) is 13.8. The van der Waals surface area contributed by atoms with E-state index in [9.17, 15) is 0 Å². The van der Waals surface area contributed by atoms with Gasteiger partial charge in [-0.3, -0.25) is 0 Å². The second-order valence-electron chi connectivity index (χ2n) is 6.88. The van der Waals surface area contributed by atoms with Crippen molar-refractivity contribution < 1.29 is 0 Å². The van der Waals surface area contributed by atoms with Crippen LogP contribution in [0.25, 0.3) is 5.57 Å². The second kappa shape index (κ2) is 5.68. The van der Waals surface area contributed by atoms with E-state index < -0.39 is 0 Å². The first-order valence-corrected chi connectivity index (χ1v) is 8.14. The molecule has 0 aromatic heterocycles. The van der Waals surface area contributed by atoms with Crippen molar-refractivity contribution in [1.82, 2.24) is 5.32 Å². The normalized spacial score (nSPS) is 22.3. The lowest BCUT2D eigenvalue weighted by atomic mass is 9.83. The highest BCUT2D eigenvalue weighted by molar-refractivity contribution is 5.72. The fourth-order valence-electron chi connectivity index (χ4n) is 3.56. The van der Waals surface area contributed by atoms with Gasteiger partial charge in [0.1, 0.15) is 0 Å². The molecule has 2 saturated heterocycles. The Bertz CT molecular complexity index is 635. The number of rotatable bonds is 3. The fraction of sp³-hybridized carbons (Fsp3) is 0.400. The third kappa shape index (κ3) is 2.70. The van der Waals surface area contributed by atoms with Gasteiger partial charge in [0.2, 0.25) is 0 Å². The molecule has 1 atom stereocenters. The van der Waals surface area contributed by atoms with Crippen molar-refractivity contribution in [2.75, 3.05) is 18.0 Å². The Morgan fingerprint density at radius 3 is 2.59 bits per heavy atom. The van der Waals surface area contributed by atoms with Crippen LogP contribution in [0.2, 0.25) is 0 Å². The van der Waals surface area contributed by atoms with Crippen LogP contribution < -0.4 is 10.2 Å². The summed E-state index contributed by atoms with van der Waals surface area (Å²) in [6.45, 7) is 19.3. The van der Waals surface area contributed by atoms with Crippen LogP contribution in [0.1, 0.15) is 30.9 Å². The summed E-state index contributed by atoms with van der Waals surface area (Å²) in [5, 5.41) is 3.29. The molecule has 0 amide bonds. The third-order valence-electron chi connectivity index (χ3n) is 4.90. The molecule has 2 heterocycles. The highest BCUT2D eigenvalue weighted by Crippen LogP contribution is 2.36. The average molecular weight is 294 g/mol. The minimum Gasteiger partial charge on any atom is -0.371 e. The minimum absolute atomic E-state index is 0.305.